The fraction of sp³-hybridized carbons (Fsp3) is 0.438. The predicted molar refractivity (Wildman–Crippen MR) is 88.0 cm³/mol. The van der Waals surface area contributed by atoms with E-state index in [1.165, 1.54) is 10.4 Å². The largest absolute Gasteiger partial charge is 0.326 e. The SMILES string of the molecule is CCC(C)c1nc(N(C)c2cccc(C)c2)sc1CN. The van der Waals surface area contributed by atoms with Crippen molar-refractivity contribution in [2.45, 2.75) is 39.7 Å². The molecule has 0 spiro atoms. The van der Waals surface area contributed by atoms with Gasteiger partial charge in [-0.1, -0.05) is 37.3 Å². The average Bonchev–Trinajstić information content (AvgIpc) is 2.89. The Kier molecular flexibility index (Phi) is 4.78. The van der Waals surface area contributed by atoms with Gasteiger partial charge in [0.15, 0.2) is 5.13 Å². The molecule has 0 bridgehead atoms. The van der Waals surface area contributed by atoms with Crippen LogP contribution in [0.5, 0.6) is 0 Å². The molecule has 1 aromatic carbocycles. The summed E-state index contributed by atoms with van der Waals surface area (Å²) in [4.78, 5) is 8.17. The fourth-order valence-corrected chi connectivity index (χ4v) is 3.21. The first kappa shape index (κ1) is 15.0. The van der Waals surface area contributed by atoms with Gasteiger partial charge in [-0.3, -0.25) is 0 Å². The highest BCUT2D eigenvalue weighted by molar-refractivity contribution is 7.15. The van der Waals surface area contributed by atoms with Crippen LogP contribution in [0.4, 0.5) is 10.8 Å². The van der Waals surface area contributed by atoms with Crippen LogP contribution in [0.15, 0.2) is 24.3 Å². The standard InChI is InChI=1S/C16H23N3S/c1-5-12(3)15-14(10-17)20-16(18-15)19(4)13-8-6-7-11(2)9-13/h6-9,12H,5,10,17H2,1-4H3. The van der Waals surface area contributed by atoms with E-state index in [9.17, 15) is 0 Å². The summed E-state index contributed by atoms with van der Waals surface area (Å²) < 4.78 is 0. The van der Waals surface area contributed by atoms with E-state index < -0.39 is 0 Å². The van der Waals surface area contributed by atoms with Gasteiger partial charge >= 0.3 is 0 Å². The smallest absolute Gasteiger partial charge is 0.190 e. The molecule has 4 heteroatoms. The van der Waals surface area contributed by atoms with Gasteiger partial charge in [0, 0.05) is 24.2 Å². The van der Waals surface area contributed by atoms with Crippen LogP contribution in [0.1, 0.15) is 42.3 Å². The first-order valence-electron chi connectivity index (χ1n) is 7.06. The Morgan fingerprint density at radius 2 is 2.15 bits per heavy atom. The molecule has 0 amide bonds. The third-order valence-corrected chi connectivity index (χ3v) is 4.83. The summed E-state index contributed by atoms with van der Waals surface area (Å²) in [6.07, 6.45) is 1.09. The molecule has 0 aliphatic carbocycles. The minimum Gasteiger partial charge on any atom is -0.326 e. The van der Waals surface area contributed by atoms with E-state index >= 15 is 0 Å². The number of nitrogens with zero attached hydrogens (tertiary/aromatic N) is 2. The Morgan fingerprint density at radius 1 is 1.40 bits per heavy atom. The van der Waals surface area contributed by atoms with Gasteiger partial charge in [-0.05, 0) is 37.0 Å². The van der Waals surface area contributed by atoms with Gasteiger partial charge in [0.2, 0.25) is 0 Å². The molecular weight excluding hydrogens is 266 g/mol. The quantitative estimate of drug-likeness (QED) is 0.897. The van der Waals surface area contributed by atoms with Crippen molar-refractivity contribution in [2.24, 2.45) is 5.73 Å². The van der Waals surface area contributed by atoms with Crippen molar-refractivity contribution in [3.8, 4) is 0 Å². The van der Waals surface area contributed by atoms with Gasteiger partial charge in [-0.25, -0.2) is 4.98 Å². The second kappa shape index (κ2) is 6.37. The van der Waals surface area contributed by atoms with Crippen LogP contribution in [0.2, 0.25) is 0 Å². The van der Waals surface area contributed by atoms with Crippen LogP contribution in [-0.2, 0) is 6.54 Å². The molecule has 2 N–H and O–H groups in total. The van der Waals surface area contributed by atoms with E-state index in [1.54, 1.807) is 11.3 Å². The monoisotopic (exact) mass is 289 g/mol. The number of thiazole rings is 1. The molecule has 0 aliphatic heterocycles. The van der Waals surface area contributed by atoms with E-state index in [1.807, 2.05) is 0 Å². The molecule has 0 fully saturated rings. The Morgan fingerprint density at radius 3 is 2.75 bits per heavy atom. The van der Waals surface area contributed by atoms with Crippen molar-refractivity contribution < 1.29 is 0 Å². The molecule has 108 valence electrons. The molecule has 2 aromatic rings. The van der Waals surface area contributed by atoms with Crippen LogP contribution in [0.3, 0.4) is 0 Å². The zero-order valence-corrected chi connectivity index (χ0v) is 13.5. The molecule has 20 heavy (non-hydrogen) atoms. The molecule has 1 aromatic heterocycles. The summed E-state index contributed by atoms with van der Waals surface area (Å²) in [5, 5.41) is 1.02. The molecule has 3 nitrogen and oxygen atoms in total. The van der Waals surface area contributed by atoms with Crippen molar-refractivity contribution in [1.82, 2.24) is 4.98 Å². The molecule has 2 rings (SSSR count). The van der Waals surface area contributed by atoms with Crippen molar-refractivity contribution in [3.63, 3.8) is 0 Å². The molecule has 1 atom stereocenters. The van der Waals surface area contributed by atoms with Crippen molar-refractivity contribution in [3.05, 3.63) is 40.4 Å². The van der Waals surface area contributed by atoms with E-state index in [0.29, 0.717) is 12.5 Å². The number of nitrogens with two attached hydrogens (primary N) is 1. The molecule has 0 saturated heterocycles. The molecule has 0 aliphatic rings. The van der Waals surface area contributed by atoms with Gasteiger partial charge in [-0.15, -0.1) is 0 Å². The third-order valence-electron chi connectivity index (χ3n) is 3.66. The van der Waals surface area contributed by atoms with E-state index in [-0.39, 0.29) is 0 Å². The van der Waals surface area contributed by atoms with E-state index in [0.717, 1.165) is 22.9 Å². The summed E-state index contributed by atoms with van der Waals surface area (Å²) in [6, 6.07) is 8.47. The summed E-state index contributed by atoms with van der Waals surface area (Å²) in [5.41, 5.74) is 9.45. The van der Waals surface area contributed by atoms with Crippen molar-refractivity contribution in [2.75, 3.05) is 11.9 Å². The van der Waals surface area contributed by atoms with Crippen molar-refractivity contribution >= 4 is 22.2 Å². The maximum Gasteiger partial charge on any atom is 0.190 e. The Labute approximate surface area is 125 Å². The van der Waals surface area contributed by atoms with E-state index in [2.05, 4.69) is 57.0 Å². The van der Waals surface area contributed by atoms with Gasteiger partial charge < -0.3 is 10.6 Å². The Hall–Kier alpha value is -1.39. The van der Waals surface area contributed by atoms with Crippen LogP contribution in [-0.4, -0.2) is 12.0 Å². The predicted octanol–water partition coefficient (Wildman–Crippen LogP) is 4.19. The minimum absolute atomic E-state index is 0.462. The number of rotatable bonds is 5. The first-order valence-corrected chi connectivity index (χ1v) is 7.88. The third kappa shape index (κ3) is 3.02. The zero-order chi connectivity index (χ0) is 14.7. The summed E-state index contributed by atoms with van der Waals surface area (Å²) in [7, 11) is 2.06. The lowest BCUT2D eigenvalue weighted by atomic mass is 10.0. The number of benzene rings is 1. The number of aromatic nitrogens is 1. The van der Waals surface area contributed by atoms with Crippen LogP contribution in [0.25, 0.3) is 0 Å². The van der Waals surface area contributed by atoms with Crippen LogP contribution < -0.4 is 10.6 Å². The zero-order valence-electron chi connectivity index (χ0n) is 12.7. The highest BCUT2D eigenvalue weighted by Crippen LogP contribution is 2.34. The first-order chi connectivity index (χ1) is 9.56. The van der Waals surface area contributed by atoms with Gasteiger partial charge in [-0.2, -0.15) is 0 Å². The number of hydrogen-bond donors (Lipinski definition) is 1. The number of aryl methyl sites for hydroxylation is 1. The topological polar surface area (TPSA) is 42.2 Å². The highest BCUT2D eigenvalue weighted by atomic mass is 32.1. The maximum atomic E-state index is 5.87. The Bertz CT molecular complexity index is 577. The molecule has 0 radical (unpaired) electrons. The Balaban J connectivity index is 2.35. The molecule has 1 unspecified atom stereocenters. The van der Waals surface area contributed by atoms with Crippen molar-refractivity contribution in [1.29, 1.82) is 0 Å². The summed E-state index contributed by atoms with van der Waals surface area (Å²) in [5.74, 6) is 0.462. The number of anilines is 2. The highest BCUT2D eigenvalue weighted by Gasteiger charge is 2.17. The van der Waals surface area contributed by atoms with Gasteiger partial charge in [0.25, 0.3) is 0 Å². The normalized spacial score (nSPS) is 12.4. The number of hydrogen-bond acceptors (Lipinski definition) is 4. The van der Waals surface area contributed by atoms with Crippen LogP contribution in [0, 0.1) is 6.92 Å². The fourth-order valence-electron chi connectivity index (χ4n) is 2.17. The summed E-state index contributed by atoms with van der Waals surface area (Å²) >= 11 is 1.70. The minimum atomic E-state index is 0.462. The molecular formula is C16H23N3S. The molecule has 1 heterocycles. The lowest BCUT2D eigenvalue weighted by Gasteiger charge is -2.16. The lowest BCUT2D eigenvalue weighted by molar-refractivity contribution is 0.703. The average molecular weight is 289 g/mol. The van der Waals surface area contributed by atoms with E-state index in [4.69, 9.17) is 10.7 Å². The molecule has 0 saturated carbocycles. The lowest BCUT2D eigenvalue weighted by Crippen LogP contribution is -2.09. The van der Waals surface area contributed by atoms with Crippen LogP contribution >= 0.6 is 11.3 Å². The van der Waals surface area contributed by atoms with Gasteiger partial charge in [0.1, 0.15) is 0 Å². The summed E-state index contributed by atoms with van der Waals surface area (Å²) in [6.45, 7) is 7.08. The second-order valence-electron chi connectivity index (χ2n) is 5.22. The maximum absolute atomic E-state index is 5.87. The van der Waals surface area contributed by atoms with Gasteiger partial charge in [0.05, 0.1) is 5.69 Å². The second-order valence-corrected chi connectivity index (χ2v) is 6.28.